The maximum absolute atomic E-state index is 5.51. The predicted octanol–water partition coefficient (Wildman–Crippen LogP) is -0.671. The van der Waals surface area contributed by atoms with Crippen molar-refractivity contribution in [1.29, 1.82) is 0 Å². The molecule has 0 heterocycles. The summed E-state index contributed by atoms with van der Waals surface area (Å²) in [5.41, 5.74) is 11.3. The zero-order valence-corrected chi connectivity index (χ0v) is 6.54. The minimum Gasteiger partial charge on any atom is -0.400 e. The first-order chi connectivity index (χ1) is 4.57. The van der Waals surface area contributed by atoms with E-state index in [2.05, 4.69) is 0 Å². The summed E-state index contributed by atoms with van der Waals surface area (Å²) >= 11 is 0. The number of hydrazine groups is 1. The van der Waals surface area contributed by atoms with Crippen LogP contribution in [-0.2, 0) is 0 Å². The van der Waals surface area contributed by atoms with Crippen LogP contribution in [0.15, 0.2) is 11.9 Å². The van der Waals surface area contributed by atoms with Crippen molar-refractivity contribution < 1.29 is 0 Å². The van der Waals surface area contributed by atoms with Gasteiger partial charge in [-0.2, -0.15) is 0 Å². The van der Waals surface area contributed by atoms with Gasteiger partial charge in [0.15, 0.2) is 0 Å². The normalized spacial score (nSPS) is 12.3. The smallest absolute Gasteiger partial charge is 0.0396 e. The lowest BCUT2D eigenvalue weighted by Gasteiger charge is -2.18. The van der Waals surface area contributed by atoms with Crippen molar-refractivity contribution in [3.8, 4) is 0 Å². The molecule has 0 unspecified atom stereocenters. The van der Waals surface area contributed by atoms with Gasteiger partial charge in [0.2, 0.25) is 0 Å². The number of nitrogens with zero attached hydrogens (tertiary/aromatic N) is 1. The molecule has 10 heavy (non-hydrogen) atoms. The van der Waals surface area contributed by atoms with E-state index in [1.54, 1.807) is 6.20 Å². The van der Waals surface area contributed by atoms with E-state index >= 15 is 0 Å². The molecular weight excluding hydrogens is 128 g/mol. The molecule has 0 aliphatic heterocycles. The number of hydrogen-bond acceptors (Lipinski definition) is 4. The van der Waals surface area contributed by atoms with Gasteiger partial charge in [-0.15, -0.1) is 0 Å². The molecule has 4 nitrogen and oxygen atoms in total. The Labute approximate surface area is 61.6 Å². The van der Waals surface area contributed by atoms with E-state index in [1.807, 2.05) is 13.8 Å². The average Bonchev–Trinajstić information content (AvgIpc) is 1.87. The van der Waals surface area contributed by atoms with Crippen LogP contribution in [0, 0.1) is 0 Å². The lowest BCUT2D eigenvalue weighted by molar-refractivity contribution is 0.320. The molecular formula is C6H16N4. The molecule has 0 fully saturated rings. The fraction of sp³-hybridized carbons (Fsp3) is 0.667. The molecule has 0 aromatic heterocycles. The van der Waals surface area contributed by atoms with Crippen LogP contribution in [-0.4, -0.2) is 17.6 Å². The summed E-state index contributed by atoms with van der Waals surface area (Å²) in [7, 11) is 0. The number of rotatable bonds is 3. The Kier molecular flexibility index (Phi) is 3.83. The Morgan fingerprint density at radius 2 is 2.10 bits per heavy atom. The highest BCUT2D eigenvalue weighted by atomic mass is 15.4. The molecule has 0 saturated carbocycles. The van der Waals surface area contributed by atoms with Crippen LogP contribution in [0.3, 0.4) is 0 Å². The Morgan fingerprint density at radius 1 is 1.60 bits per heavy atom. The van der Waals surface area contributed by atoms with E-state index in [9.17, 15) is 0 Å². The maximum Gasteiger partial charge on any atom is 0.0396 e. The Morgan fingerprint density at radius 3 is 2.40 bits per heavy atom. The molecule has 4 heteroatoms. The van der Waals surface area contributed by atoms with Crippen molar-refractivity contribution in [3.63, 3.8) is 0 Å². The van der Waals surface area contributed by atoms with Crippen LogP contribution >= 0.6 is 0 Å². The van der Waals surface area contributed by atoms with Crippen LogP contribution in [0.25, 0.3) is 0 Å². The molecule has 0 radical (unpaired) electrons. The van der Waals surface area contributed by atoms with E-state index in [0.717, 1.165) is 0 Å². The average molecular weight is 144 g/mol. The van der Waals surface area contributed by atoms with E-state index in [0.29, 0.717) is 12.2 Å². The fourth-order valence-corrected chi connectivity index (χ4v) is 0.393. The SMILES string of the molecule is CC(C)N(N)/C=C(\N)CN. The summed E-state index contributed by atoms with van der Waals surface area (Å²) in [5.74, 6) is 5.51. The fourth-order valence-electron chi connectivity index (χ4n) is 0.393. The second-order valence-electron chi connectivity index (χ2n) is 2.45. The minimum absolute atomic E-state index is 0.255. The topological polar surface area (TPSA) is 81.3 Å². The van der Waals surface area contributed by atoms with E-state index in [-0.39, 0.29) is 6.04 Å². The van der Waals surface area contributed by atoms with Gasteiger partial charge >= 0.3 is 0 Å². The first-order valence-corrected chi connectivity index (χ1v) is 3.27. The Balaban J connectivity index is 3.86. The van der Waals surface area contributed by atoms with Crippen molar-refractivity contribution in [2.45, 2.75) is 19.9 Å². The summed E-state index contributed by atoms with van der Waals surface area (Å²) < 4.78 is 0. The van der Waals surface area contributed by atoms with Crippen LogP contribution in [0.2, 0.25) is 0 Å². The van der Waals surface area contributed by atoms with Crippen molar-refractivity contribution in [3.05, 3.63) is 11.9 Å². The largest absolute Gasteiger partial charge is 0.400 e. The molecule has 0 aliphatic carbocycles. The molecule has 0 aromatic carbocycles. The summed E-state index contributed by atoms with van der Waals surface area (Å²) in [6.07, 6.45) is 1.64. The van der Waals surface area contributed by atoms with Gasteiger partial charge in [0.25, 0.3) is 0 Å². The van der Waals surface area contributed by atoms with Gasteiger partial charge in [-0.05, 0) is 13.8 Å². The van der Waals surface area contributed by atoms with Gasteiger partial charge in [-0.1, -0.05) is 0 Å². The first kappa shape index (κ1) is 9.26. The van der Waals surface area contributed by atoms with Gasteiger partial charge in [0, 0.05) is 24.5 Å². The molecule has 0 aliphatic rings. The lowest BCUT2D eigenvalue weighted by Crippen LogP contribution is -2.33. The van der Waals surface area contributed by atoms with E-state index < -0.39 is 0 Å². The van der Waals surface area contributed by atoms with Crippen LogP contribution < -0.4 is 17.3 Å². The van der Waals surface area contributed by atoms with Gasteiger partial charge in [0.1, 0.15) is 0 Å². The molecule has 0 aromatic rings. The van der Waals surface area contributed by atoms with Crippen molar-refractivity contribution >= 4 is 0 Å². The van der Waals surface area contributed by atoms with E-state index in [1.165, 1.54) is 5.01 Å². The zero-order chi connectivity index (χ0) is 8.15. The lowest BCUT2D eigenvalue weighted by atomic mass is 10.4. The van der Waals surface area contributed by atoms with Gasteiger partial charge in [0.05, 0.1) is 0 Å². The van der Waals surface area contributed by atoms with Crippen molar-refractivity contribution in [1.82, 2.24) is 5.01 Å². The van der Waals surface area contributed by atoms with Gasteiger partial charge < -0.3 is 16.5 Å². The van der Waals surface area contributed by atoms with Gasteiger partial charge in [-0.25, -0.2) is 5.84 Å². The third-order valence-electron chi connectivity index (χ3n) is 1.15. The molecule has 0 saturated heterocycles. The molecule has 0 amide bonds. The molecule has 6 N–H and O–H groups in total. The summed E-state index contributed by atoms with van der Waals surface area (Å²) in [6.45, 7) is 4.29. The molecule has 60 valence electrons. The van der Waals surface area contributed by atoms with Crippen LogP contribution in [0.5, 0.6) is 0 Å². The highest BCUT2D eigenvalue weighted by Gasteiger charge is 1.97. The third-order valence-corrected chi connectivity index (χ3v) is 1.15. The summed E-state index contributed by atoms with van der Waals surface area (Å²) in [4.78, 5) is 0. The zero-order valence-electron chi connectivity index (χ0n) is 6.54. The highest BCUT2D eigenvalue weighted by Crippen LogP contribution is 1.91. The quantitative estimate of drug-likeness (QED) is 0.362. The molecule has 0 rings (SSSR count). The van der Waals surface area contributed by atoms with Crippen LogP contribution in [0.4, 0.5) is 0 Å². The standard InChI is InChI=1S/C6H16N4/c1-5(2)10(9)4-6(8)3-7/h4-5H,3,7-9H2,1-2H3/b6-4-. The minimum atomic E-state index is 0.255. The van der Waals surface area contributed by atoms with Gasteiger partial charge in [-0.3, -0.25) is 0 Å². The molecule has 0 spiro atoms. The molecule has 0 atom stereocenters. The second-order valence-corrected chi connectivity index (χ2v) is 2.45. The third kappa shape index (κ3) is 3.32. The predicted molar refractivity (Wildman–Crippen MR) is 42.5 cm³/mol. The number of nitrogens with two attached hydrogens (primary N) is 3. The highest BCUT2D eigenvalue weighted by molar-refractivity contribution is 4.96. The first-order valence-electron chi connectivity index (χ1n) is 3.27. The number of hydrogen-bond donors (Lipinski definition) is 3. The van der Waals surface area contributed by atoms with Crippen LogP contribution in [0.1, 0.15) is 13.8 Å². The monoisotopic (exact) mass is 144 g/mol. The molecule has 0 bridgehead atoms. The Hall–Kier alpha value is -0.740. The Bertz CT molecular complexity index is 119. The maximum atomic E-state index is 5.51. The van der Waals surface area contributed by atoms with Crippen molar-refractivity contribution in [2.75, 3.05) is 6.54 Å². The summed E-state index contributed by atoms with van der Waals surface area (Å²) in [6, 6.07) is 0.255. The second kappa shape index (κ2) is 4.14. The van der Waals surface area contributed by atoms with Crippen molar-refractivity contribution in [2.24, 2.45) is 17.3 Å². The summed E-state index contributed by atoms with van der Waals surface area (Å²) in [5, 5.41) is 1.53. The van der Waals surface area contributed by atoms with E-state index in [4.69, 9.17) is 17.3 Å².